The largest absolute Gasteiger partial charge is 0.300 e. The molecule has 0 bridgehead atoms. The fraction of sp³-hybridized carbons (Fsp3) is 0.667. The smallest absolute Gasteiger partial charge is 0.130 e. The molecule has 56 valence electrons. The van der Waals surface area contributed by atoms with E-state index in [0.29, 0.717) is 12.8 Å². The standard InChI is InChI=1S/C9H14O/c1-5-6-9(3,4)7-8(2)10/h1H,6-7H2,2-4H3. The summed E-state index contributed by atoms with van der Waals surface area (Å²) in [5.41, 5.74) is -0.0133. The summed E-state index contributed by atoms with van der Waals surface area (Å²) in [6.07, 6.45) is 6.38. The van der Waals surface area contributed by atoms with Crippen LogP contribution in [0.3, 0.4) is 0 Å². The number of ketones is 1. The molecule has 0 atom stereocenters. The molecule has 0 aromatic rings. The van der Waals surface area contributed by atoms with Crippen molar-refractivity contribution in [3.05, 3.63) is 0 Å². The van der Waals surface area contributed by atoms with Crippen molar-refractivity contribution in [3.63, 3.8) is 0 Å². The Hall–Kier alpha value is -0.770. The van der Waals surface area contributed by atoms with Crippen LogP contribution in [0, 0.1) is 17.8 Å². The Morgan fingerprint density at radius 1 is 1.60 bits per heavy atom. The van der Waals surface area contributed by atoms with Crippen molar-refractivity contribution in [3.8, 4) is 12.3 Å². The van der Waals surface area contributed by atoms with Crippen molar-refractivity contribution in [1.82, 2.24) is 0 Å². The molecule has 0 saturated carbocycles. The van der Waals surface area contributed by atoms with Crippen LogP contribution in [0.25, 0.3) is 0 Å². The summed E-state index contributed by atoms with van der Waals surface area (Å²) in [5.74, 6) is 2.77. The molecule has 1 heteroatoms. The lowest BCUT2D eigenvalue weighted by atomic mass is 9.85. The van der Waals surface area contributed by atoms with Crippen LogP contribution in [0.15, 0.2) is 0 Å². The minimum Gasteiger partial charge on any atom is -0.300 e. The summed E-state index contributed by atoms with van der Waals surface area (Å²) >= 11 is 0. The number of rotatable bonds is 3. The second-order valence-electron chi connectivity index (χ2n) is 3.42. The van der Waals surface area contributed by atoms with Crippen molar-refractivity contribution in [2.24, 2.45) is 5.41 Å². The second kappa shape index (κ2) is 3.41. The summed E-state index contributed by atoms with van der Waals surface area (Å²) in [5, 5.41) is 0. The predicted octanol–water partition coefficient (Wildman–Crippen LogP) is 2.01. The molecule has 0 aromatic heterocycles. The van der Waals surface area contributed by atoms with Crippen molar-refractivity contribution >= 4 is 5.78 Å². The van der Waals surface area contributed by atoms with Gasteiger partial charge in [-0.3, -0.25) is 0 Å². The Morgan fingerprint density at radius 2 is 2.10 bits per heavy atom. The summed E-state index contributed by atoms with van der Waals surface area (Å²) in [6.45, 7) is 5.61. The number of hydrogen-bond donors (Lipinski definition) is 0. The number of Topliss-reactive ketones (excluding diaryl/α,β-unsaturated/α-hetero) is 1. The highest BCUT2D eigenvalue weighted by molar-refractivity contribution is 5.76. The Labute approximate surface area is 62.8 Å². The van der Waals surface area contributed by atoms with Gasteiger partial charge < -0.3 is 4.79 Å². The molecule has 0 N–H and O–H groups in total. The van der Waals surface area contributed by atoms with Crippen LogP contribution in [0.2, 0.25) is 0 Å². The van der Waals surface area contributed by atoms with Gasteiger partial charge in [0.05, 0.1) is 0 Å². The summed E-state index contributed by atoms with van der Waals surface area (Å²) in [4.78, 5) is 10.7. The highest BCUT2D eigenvalue weighted by Crippen LogP contribution is 2.24. The first kappa shape index (κ1) is 9.23. The molecule has 0 saturated heterocycles. The first-order valence-electron chi connectivity index (χ1n) is 3.41. The Morgan fingerprint density at radius 3 is 2.40 bits per heavy atom. The van der Waals surface area contributed by atoms with Gasteiger partial charge in [0.15, 0.2) is 0 Å². The minimum atomic E-state index is -0.0133. The van der Waals surface area contributed by atoms with E-state index >= 15 is 0 Å². The average molecular weight is 138 g/mol. The van der Waals surface area contributed by atoms with E-state index in [-0.39, 0.29) is 11.2 Å². The first-order valence-corrected chi connectivity index (χ1v) is 3.41. The lowest BCUT2D eigenvalue weighted by Crippen LogP contribution is -2.14. The normalized spacial score (nSPS) is 10.6. The molecule has 0 aliphatic rings. The van der Waals surface area contributed by atoms with Crippen molar-refractivity contribution in [2.75, 3.05) is 0 Å². The molecule has 0 aliphatic heterocycles. The van der Waals surface area contributed by atoms with Crippen LogP contribution in [0.1, 0.15) is 33.6 Å². The first-order chi connectivity index (χ1) is 4.48. The van der Waals surface area contributed by atoms with E-state index in [1.54, 1.807) is 6.92 Å². The highest BCUT2D eigenvalue weighted by Gasteiger charge is 2.17. The molecule has 0 amide bonds. The average Bonchev–Trinajstić information content (AvgIpc) is 1.59. The number of hydrogen-bond acceptors (Lipinski definition) is 1. The van der Waals surface area contributed by atoms with Crippen LogP contribution < -0.4 is 0 Å². The SMILES string of the molecule is C#CCC(C)(C)CC(C)=O. The van der Waals surface area contributed by atoms with E-state index in [1.807, 2.05) is 13.8 Å². The maximum atomic E-state index is 10.7. The third-order valence-corrected chi connectivity index (χ3v) is 1.31. The molecule has 0 aliphatic carbocycles. The third kappa shape index (κ3) is 4.14. The zero-order valence-electron chi connectivity index (χ0n) is 6.90. The lowest BCUT2D eigenvalue weighted by Gasteiger charge is -2.19. The van der Waals surface area contributed by atoms with Gasteiger partial charge >= 0.3 is 0 Å². The molecule has 0 spiro atoms. The summed E-state index contributed by atoms with van der Waals surface area (Å²) < 4.78 is 0. The van der Waals surface area contributed by atoms with Crippen LogP contribution in [0.5, 0.6) is 0 Å². The lowest BCUT2D eigenvalue weighted by molar-refractivity contribution is -0.118. The Bertz CT molecular complexity index is 160. The minimum absolute atomic E-state index is 0.0133. The molecular weight excluding hydrogens is 124 g/mol. The van der Waals surface area contributed by atoms with Crippen LogP contribution in [-0.2, 0) is 4.79 Å². The predicted molar refractivity (Wildman–Crippen MR) is 42.5 cm³/mol. The Balaban J connectivity index is 3.89. The number of terminal acetylenes is 1. The molecule has 10 heavy (non-hydrogen) atoms. The van der Waals surface area contributed by atoms with Gasteiger partial charge in [0.25, 0.3) is 0 Å². The van der Waals surface area contributed by atoms with Crippen LogP contribution in [-0.4, -0.2) is 5.78 Å². The zero-order chi connectivity index (χ0) is 8.20. The maximum absolute atomic E-state index is 10.7. The summed E-state index contributed by atoms with van der Waals surface area (Å²) in [7, 11) is 0. The van der Waals surface area contributed by atoms with E-state index in [1.165, 1.54) is 0 Å². The van der Waals surface area contributed by atoms with Crippen molar-refractivity contribution in [1.29, 1.82) is 0 Å². The van der Waals surface area contributed by atoms with Gasteiger partial charge in [0, 0.05) is 12.8 Å². The van der Waals surface area contributed by atoms with Gasteiger partial charge in [-0.25, -0.2) is 0 Å². The molecule has 0 radical (unpaired) electrons. The van der Waals surface area contributed by atoms with Crippen molar-refractivity contribution in [2.45, 2.75) is 33.6 Å². The fourth-order valence-electron chi connectivity index (χ4n) is 1.01. The zero-order valence-corrected chi connectivity index (χ0v) is 6.90. The molecule has 0 fully saturated rings. The van der Waals surface area contributed by atoms with E-state index in [2.05, 4.69) is 5.92 Å². The van der Waals surface area contributed by atoms with Gasteiger partial charge in [0.2, 0.25) is 0 Å². The van der Waals surface area contributed by atoms with Crippen molar-refractivity contribution < 1.29 is 4.79 Å². The fourth-order valence-corrected chi connectivity index (χ4v) is 1.01. The van der Waals surface area contributed by atoms with E-state index in [9.17, 15) is 4.79 Å². The van der Waals surface area contributed by atoms with Gasteiger partial charge in [-0.15, -0.1) is 12.3 Å². The maximum Gasteiger partial charge on any atom is 0.130 e. The van der Waals surface area contributed by atoms with Crippen LogP contribution >= 0.6 is 0 Å². The van der Waals surface area contributed by atoms with E-state index in [0.717, 1.165) is 0 Å². The van der Waals surface area contributed by atoms with E-state index < -0.39 is 0 Å². The highest BCUT2D eigenvalue weighted by atomic mass is 16.1. The Kier molecular flexibility index (Phi) is 3.15. The number of carbonyl (C=O) groups excluding carboxylic acids is 1. The quantitative estimate of drug-likeness (QED) is 0.545. The molecule has 1 nitrogen and oxygen atoms in total. The van der Waals surface area contributed by atoms with Gasteiger partial charge in [-0.2, -0.15) is 0 Å². The molecule has 0 heterocycles. The molecule has 0 aromatic carbocycles. The van der Waals surface area contributed by atoms with E-state index in [4.69, 9.17) is 6.42 Å². The molecular formula is C9H14O. The molecule has 0 unspecified atom stereocenters. The van der Waals surface area contributed by atoms with Gasteiger partial charge in [-0.1, -0.05) is 13.8 Å². The summed E-state index contributed by atoms with van der Waals surface area (Å²) in [6, 6.07) is 0. The third-order valence-electron chi connectivity index (χ3n) is 1.31. The van der Waals surface area contributed by atoms with Gasteiger partial charge in [-0.05, 0) is 12.3 Å². The topological polar surface area (TPSA) is 17.1 Å². The van der Waals surface area contributed by atoms with Gasteiger partial charge in [0.1, 0.15) is 5.78 Å². The number of carbonyl (C=O) groups is 1. The second-order valence-corrected chi connectivity index (χ2v) is 3.42. The molecule has 0 rings (SSSR count). The monoisotopic (exact) mass is 138 g/mol. The van der Waals surface area contributed by atoms with Crippen LogP contribution in [0.4, 0.5) is 0 Å².